The van der Waals surface area contributed by atoms with E-state index in [0.29, 0.717) is 111 Å². The predicted octanol–water partition coefficient (Wildman–Crippen LogP) is 3.92. The Bertz CT molecular complexity index is 1980. The Morgan fingerprint density at radius 1 is 0.364 bits per heavy atom. The molecule has 0 spiro atoms. The van der Waals surface area contributed by atoms with Gasteiger partial charge in [-0.15, -0.1) is 0 Å². The number of sulfonamides is 1. The van der Waals surface area contributed by atoms with Gasteiger partial charge in [0.2, 0.25) is 10.0 Å². The summed E-state index contributed by atoms with van der Waals surface area (Å²) < 4.78 is 101. The molecule has 2 aromatic rings. The van der Waals surface area contributed by atoms with Crippen molar-refractivity contribution in [3.8, 4) is 0 Å². The van der Waals surface area contributed by atoms with Crippen molar-refractivity contribution < 1.29 is 106 Å². The molecule has 0 aliphatic rings. The number of hydrogen-bond donors (Lipinski definition) is 9. The molecule has 24 nitrogen and oxygen atoms in total. The number of aliphatic hydroxyl groups excluding tert-OH is 8. The van der Waals surface area contributed by atoms with Gasteiger partial charge in [-0.2, -0.15) is 0 Å². The number of aliphatic hydroxyl groups is 8. The fraction of sp³-hybridized carbons (Fsp3) is 0.841. The first-order valence-electron chi connectivity index (χ1n) is 32.2. The van der Waals surface area contributed by atoms with Crippen molar-refractivity contribution in [1.29, 1.82) is 0 Å². The molecule has 7 atom stereocenters. The van der Waals surface area contributed by atoms with Crippen molar-refractivity contribution in [1.82, 2.24) is 4.72 Å². The van der Waals surface area contributed by atoms with Crippen molar-refractivity contribution in [3.05, 3.63) is 36.4 Å². The second-order valence-electron chi connectivity index (χ2n) is 22.2. The van der Waals surface area contributed by atoms with Gasteiger partial charge in [-0.05, 0) is 128 Å². The number of ether oxygens (including phenoxy) is 12. The number of benzene rings is 2. The van der Waals surface area contributed by atoms with Crippen molar-refractivity contribution in [2.75, 3.05) is 191 Å². The minimum Gasteiger partial charge on any atom is -0.394 e. The molecule has 0 fully saturated rings. The summed E-state index contributed by atoms with van der Waals surface area (Å²) >= 11 is 0. The van der Waals surface area contributed by atoms with Gasteiger partial charge in [-0.1, -0.05) is 24.3 Å². The standard InChI is InChI=1S/C63H116N2O22S/c1-65(2)62-25-21-24-61-60(62)23-22-26-63(61)88(74,75)64-39-57(85-36-18-8-17-35-84-52-59(87-38-20-7-16-30-79-47-56(73)43-69)51-82-33-13-4-10-28-77-45-54(71)41-67)48-80-31-11-5-14-34-83-50-58(86-37-19-6-15-29-78-46-55(72)42-68)49-81-32-12-3-9-27-76-44-53(70)40-66/h21-26,53-59,64,66-73H,3-20,27-52H2,1-2H3. The Balaban J connectivity index is 1.88. The van der Waals surface area contributed by atoms with Crippen LogP contribution in [0.5, 0.6) is 0 Å². The average Bonchev–Trinajstić information content (AvgIpc) is 1.60. The van der Waals surface area contributed by atoms with Gasteiger partial charge in [-0.3, -0.25) is 0 Å². The van der Waals surface area contributed by atoms with E-state index in [4.69, 9.17) is 77.3 Å². The van der Waals surface area contributed by atoms with E-state index in [2.05, 4.69) is 4.72 Å². The van der Waals surface area contributed by atoms with E-state index >= 15 is 0 Å². The van der Waals surface area contributed by atoms with Crippen LogP contribution in [0.1, 0.15) is 116 Å². The van der Waals surface area contributed by atoms with Crippen LogP contribution in [0.15, 0.2) is 41.3 Å². The highest BCUT2D eigenvalue weighted by Crippen LogP contribution is 2.30. The Morgan fingerprint density at radius 2 is 0.636 bits per heavy atom. The van der Waals surface area contributed by atoms with Crippen molar-refractivity contribution in [2.45, 2.75) is 163 Å². The molecule has 0 heterocycles. The van der Waals surface area contributed by atoms with E-state index in [9.17, 15) is 28.8 Å². The third kappa shape index (κ3) is 43.4. The minimum atomic E-state index is -3.94. The Hall–Kier alpha value is -2.39. The van der Waals surface area contributed by atoms with Crippen molar-refractivity contribution in [3.63, 3.8) is 0 Å². The summed E-state index contributed by atoms with van der Waals surface area (Å²) in [7, 11) is -0.0866. The zero-order valence-electron chi connectivity index (χ0n) is 53.3. The summed E-state index contributed by atoms with van der Waals surface area (Å²) in [6.07, 6.45) is 10.4. The average molecular weight is 1290 g/mol. The number of nitrogens with one attached hydrogen (secondary N) is 1. The lowest BCUT2D eigenvalue weighted by atomic mass is 10.1. The van der Waals surface area contributed by atoms with Gasteiger partial charge in [0, 0.05) is 116 Å². The number of nitrogens with zero attached hydrogens (tertiary/aromatic N) is 1. The molecule has 2 aromatic carbocycles. The van der Waals surface area contributed by atoms with Crippen LogP contribution in [0.25, 0.3) is 10.8 Å². The van der Waals surface area contributed by atoms with Gasteiger partial charge in [0.1, 0.15) is 36.6 Å². The zero-order valence-corrected chi connectivity index (χ0v) is 54.1. The van der Waals surface area contributed by atoms with Crippen LogP contribution in [0.3, 0.4) is 0 Å². The van der Waals surface area contributed by atoms with E-state index in [1.807, 2.05) is 43.3 Å². The second kappa shape index (κ2) is 56.2. The summed E-state index contributed by atoms with van der Waals surface area (Å²) in [5.74, 6) is 0. The van der Waals surface area contributed by atoms with Gasteiger partial charge >= 0.3 is 0 Å². The third-order valence-electron chi connectivity index (χ3n) is 13.8. The fourth-order valence-corrected chi connectivity index (χ4v) is 10.0. The summed E-state index contributed by atoms with van der Waals surface area (Å²) in [6, 6.07) is 10.9. The van der Waals surface area contributed by atoms with Crippen LogP contribution in [0.4, 0.5) is 5.69 Å². The minimum absolute atomic E-state index is 0.0184. The summed E-state index contributed by atoms with van der Waals surface area (Å²) in [4.78, 5) is 2.15. The van der Waals surface area contributed by atoms with E-state index in [1.165, 1.54) is 0 Å². The Labute approximate surface area is 525 Å². The van der Waals surface area contributed by atoms with Crippen LogP contribution < -0.4 is 9.62 Å². The largest absolute Gasteiger partial charge is 0.394 e. The SMILES string of the molecule is CN(C)c1cccc2c(S(=O)(=O)NCC(COCCCCCOCC(COCCCCCOCC(O)CO)OCCCCCOCC(O)CO)OCCCCCOCC(COCCCCCOCC(O)CO)OCCCCCOCC(O)CO)cccc12. The highest BCUT2D eigenvalue weighted by atomic mass is 32.2. The van der Waals surface area contributed by atoms with E-state index in [1.54, 1.807) is 12.1 Å². The highest BCUT2D eigenvalue weighted by molar-refractivity contribution is 7.89. The maximum atomic E-state index is 13.9. The molecule has 0 saturated carbocycles. The Morgan fingerprint density at radius 3 is 0.955 bits per heavy atom. The fourth-order valence-electron chi connectivity index (χ4n) is 8.74. The molecule has 516 valence electrons. The smallest absolute Gasteiger partial charge is 0.241 e. The van der Waals surface area contributed by atoms with Crippen LogP contribution in [-0.2, 0) is 66.9 Å². The van der Waals surface area contributed by atoms with E-state index in [0.717, 1.165) is 127 Å². The predicted molar refractivity (Wildman–Crippen MR) is 336 cm³/mol. The third-order valence-corrected chi connectivity index (χ3v) is 15.3. The lowest BCUT2D eigenvalue weighted by molar-refractivity contribution is -0.0624. The van der Waals surface area contributed by atoms with Gasteiger partial charge in [-0.25, -0.2) is 13.1 Å². The molecule has 25 heteroatoms. The number of fused-ring (bicyclic) bond motifs is 1. The molecular weight excluding hydrogens is 1170 g/mol. The number of hydrogen-bond acceptors (Lipinski definition) is 23. The first-order chi connectivity index (χ1) is 42.8. The second-order valence-corrected chi connectivity index (χ2v) is 24.0. The van der Waals surface area contributed by atoms with Gasteiger partial charge < -0.3 is 103 Å². The van der Waals surface area contributed by atoms with Crippen molar-refractivity contribution >= 4 is 26.5 Å². The maximum absolute atomic E-state index is 13.9. The molecule has 9 N–H and O–H groups in total. The molecular formula is C63H116N2O22S. The first-order valence-corrected chi connectivity index (χ1v) is 33.7. The quantitative estimate of drug-likeness (QED) is 0.0424. The summed E-state index contributed by atoms with van der Waals surface area (Å²) in [5, 5.41) is 75.1. The molecule has 0 aromatic heterocycles. The molecule has 88 heavy (non-hydrogen) atoms. The van der Waals surface area contributed by atoms with Gasteiger partial charge in [0.05, 0.1) is 96.9 Å². The van der Waals surface area contributed by atoms with Gasteiger partial charge in [0.25, 0.3) is 0 Å². The van der Waals surface area contributed by atoms with E-state index < -0.39 is 40.5 Å². The Kier molecular flexibility index (Phi) is 52.2. The topological polar surface area (TPSA) is 322 Å². The summed E-state index contributed by atoms with van der Waals surface area (Å²) in [5.41, 5.74) is 0.913. The van der Waals surface area contributed by atoms with Crippen LogP contribution in [-0.4, -0.2) is 278 Å². The zero-order chi connectivity index (χ0) is 64.0. The molecule has 7 unspecified atom stereocenters. The summed E-state index contributed by atoms with van der Waals surface area (Å²) in [6.45, 7) is 6.94. The van der Waals surface area contributed by atoms with Crippen molar-refractivity contribution in [2.24, 2.45) is 0 Å². The molecule has 0 amide bonds. The normalized spacial score (nSPS) is 14.6. The maximum Gasteiger partial charge on any atom is 0.241 e. The highest BCUT2D eigenvalue weighted by Gasteiger charge is 2.22. The van der Waals surface area contributed by atoms with Crippen LogP contribution in [0.2, 0.25) is 0 Å². The molecule has 0 radical (unpaired) electrons. The molecule has 0 aliphatic heterocycles. The molecule has 0 bridgehead atoms. The monoisotopic (exact) mass is 1280 g/mol. The number of unbranched alkanes of at least 4 members (excludes halogenated alkanes) is 12. The molecule has 0 aliphatic carbocycles. The molecule has 0 saturated heterocycles. The van der Waals surface area contributed by atoms with E-state index in [-0.39, 0.29) is 83.1 Å². The first kappa shape index (κ1) is 81.7. The lowest BCUT2D eigenvalue weighted by Gasteiger charge is -2.20. The van der Waals surface area contributed by atoms with Gasteiger partial charge in [0.15, 0.2) is 0 Å². The number of anilines is 1. The number of rotatable bonds is 66. The molecule has 2 rings (SSSR count). The van der Waals surface area contributed by atoms with Crippen LogP contribution in [0, 0.1) is 0 Å². The lowest BCUT2D eigenvalue weighted by Crippen LogP contribution is -2.36. The van der Waals surface area contributed by atoms with Crippen LogP contribution >= 0.6 is 0 Å².